The lowest BCUT2D eigenvalue weighted by Crippen LogP contribution is -2.43. The molecule has 0 saturated heterocycles. The van der Waals surface area contributed by atoms with E-state index in [1.165, 1.54) is 4.57 Å². The van der Waals surface area contributed by atoms with Crippen LogP contribution in [0.5, 0.6) is 5.75 Å². The first-order valence-electron chi connectivity index (χ1n) is 12.2. The first-order valence-corrected chi connectivity index (χ1v) is 12.2. The summed E-state index contributed by atoms with van der Waals surface area (Å²) in [5.41, 5.74) is 10.3. The van der Waals surface area contributed by atoms with Crippen LogP contribution in [0.3, 0.4) is 0 Å². The number of aromatic nitrogens is 5. The number of benzene rings is 2. The number of anilines is 2. The van der Waals surface area contributed by atoms with Gasteiger partial charge in [-0.1, -0.05) is 24.3 Å². The molecule has 0 aliphatic heterocycles. The molecule has 0 unspecified atom stereocenters. The Kier molecular flexibility index (Phi) is 6.69. The first kappa shape index (κ1) is 24.8. The van der Waals surface area contributed by atoms with Crippen LogP contribution in [-0.4, -0.2) is 31.2 Å². The second-order valence-corrected chi connectivity index (χ2v) is 9.17. The molecule has 0 fully saturated rings. The standard InChI is InChI=1S/C28H29N7O3/c1-17-13-18(2)32-25(29)23(17)14-31-26-33-27(36)35(15-19-7-9-21(38-3)10-8-19)28(37)34(26)16-20-5-4-6-24-22(20)11-12-30-24/h4-13,30H,14-16H2,1-3H3,(H2,29,32)(H,31,33,36). The number of aryl methyl sites for hydroxylation is 2. The molecule has 0 saturated carbocycles. The van der Waals surface area contributed by atoms with Gasteiger partial charge in [-0.15, -0.1) is 0 Å². The van der Waals surface area contributed by atoms with E-state index in [-0.39, 0.29) is 25.6 Å². The molecule has 0 bridgehead atoms. The molecule has 3 aromatic heterocycles. The van der Waals surface area contributed by atoms with Crippen LogP contribution in [-0.2, 0) is 19.6 Å². The number of nitrogens with two attached hydrogens (primary N) is 1. The second-order valence-electron chi connectivity index (χ2n) is 9.17. The SMILES string of the molecule is COc1ccc(Cn2c(=O)nc(NCc3c(C)cc(C)nc3N)n(Cc3cccc4[nH]ccc34)c2=O)cc1. The fourth-order valence-electron chi connectivity index (χ4n) is 4.60. The van der Waals surface area contributed by atoms with Crippen LogP contribution in [0, 0.1) is 13.8 Å². The number of pyridine rings is 1. The monoisotopic (exact) mass is 511 g/mol. The molecular formula is C28H29N7O3. The Morgan fingerprint density at radius 3 is 2.53 bits per heavy atom. The predicted octanol–water partition coefficient (Wildman–Crippen LogP) is 3.20. The Balaban J connectivity index is 1.57. The summed E-state index contributed by atoms with van der Waals surface area (Å²) in [7, 11) is 1.58. The van der Waals surface area contributed by atoms with Crippen molar-refractivity contribution in [2.75, 3.05) is 18.2 Å². The summed E-state index contributed by atoms with van der Waals surface area (Å²) in [6.45, 7) is 4.38. The lowest BCUT2D eigenvalue weighted by Gasteiger charge is -2.17. The largest absolute Gasteiger partial charge is 0.497 e. The molecule has 0 atom stereocenters. The van der Waals surface area contributed by atoms with Crippen LogP contribution in [0.25, 0.3) is 10.9 Å². The van der Waals surface area contributed by atoms with Gasteiger partial charge in [-0.3, -0.25) is 4.57 Å². The molecule has 0 radical (unpaired) electrons. The fraction of sp³-hybridized carbons (Fsp3) is 0.214. The Hall–Kier alpha value is -4.86. The van der Waals surface area contributed by atoms with E-state index < -0.39 is 11.4 Å². The fourth-order valence-corrected chi connectivity index (χ4v) is 4.60. The highest BCUT2D eigenvalue weighted by Gasteiger charge is 2.16. The molecule has 194 valence electrons. The number of hydrogen-bond donors (Lipinski definition) is 3. The molecule has 0 aliphatic rings. The molecule has 38 heavy (non-hydrogen) atoms. The lowest BCUT2D eigenvalue weighted by atomic mass is 10.1. The van der Waals surface area contributed by atoms with E-state index in [9.17, 15) is 9.59 Å². The third-order valence-electron chi connectivity index (χ3n) is 6.59. The number of fused-ring (bicyclic) bond motifs is 1. The van der Waals surface area contributed by atoms with Crippen molar-refractivity contribution in [2.45, 2.75) is 33.5 Å². The van der Waals surface area contributed by atoms with Crippen LogP contribution in [0.2, 0.25) is 0 Å². The van der Waals surface area contributed by atoms with Crippen molar-refractivity contribution in [2.24, 2.45) is 0 Å². The van der Waals surface area contributed by atoms with Gasteiger partial charge in [-0.05, 0) is 60.9 Å². The Labute approximate surface area is 218 Å². The van der Waals surface area contributed by atoms with Crippen LogP contribution in [0.4, 0.5) is 11.8 Å². The number of rotatable bonds is 8. The zero-order valence-corrected chi connectivity index (χ0v) is 21.5. The average molecular weight is 512 g/mol. The number of aromatic amines is 1. The third-order valence-corrected chi connectivity index (χ3v) is 6.59. The van der Waals surface area contributed by atoms with E-state index in [1.807, 2.05) is 62.5 Å². The van der Waals surface area contributed by atoms with Crippen molar-refractivity contribution in [3.8, 4) is 5.75 Å². The van der Waals surface area contributed by atoms with Gasteiger partial charge in [0.15, 0.2) is 0 Å². The van der Waals surface area contributed by atoms with Crippen molar-refractivity contribution in [3.05, 3.63) is 110 Å². The van der Waals surface area contributed by atoms with Crippen molar-refractivity contribution < 1.29 is 4.74 Å². The van der Waals surface area contributed by atoms with Gasteiger partial charge >= 0.3 is 11.4 Å². The van der Waals surface area contributed by atoms with Gasteiger partial charge in [0.2, 0.25) is 5.95 Å². The summed E-state index contributed by atoms with van der Waals surface area (Å²) in [5, 5.41) is 4.16. The topological polar surface area (TPSA) is 133 Å². The molecule has 4 N–H and O–H groups in total. The maximum atomic E-state index is 13.8. The van der Waals surface area contributed by atoms with Gasteiger partial charge in [0.05, 0.1) is 20.2 Å². The lowest BCUT2D eigenvalue weighted by molar-refractivity contribution is 0.414. The minimum Gasteiger partial charge on any atom is -0.497 e. The van der Waals surface area contributed by atoms with Gasteiger partial charge in [-0.2, -0.15) is 4.98 Å². The highest BCUT2D eigenvalue weighted by atomic mass is 16.5. The molecule has 5 rings (SSSR count). The summed E-state index contributed by atoms with van der Waals surface area (Å²) < 4.78 is 7.83. The van der Waals surface area contributed by atoms with Crippen LogP contribution < -0.4 is 27.2 Å². The van der Waals surface area contributed by atoms with E-state index in [4.69, 9.17) is 10.5 Å². The highest BCUT2D eigenvalue weighted by molar-refractivity contribution is 5.82. The zero-order valence-electron chi connectivity index (χ0n) is 21.5. The summed E-state index contributed by atoms with van der Waals surface area (Å²) in [5.74, 6) is 1.25. The first-order chi connectivity index (χ1) is 18.3. The van der Waals surface area contributed by atoms with Crippen LogP contribution in [0.1, 0.15) is 27.9 Å². The van der Waals surface area contributed by atoms with Crippen molar-refractivity contribution in [1.82, 2.24) is 24.1 Å². The maximum absolute atomic E-state index is 13.8. The van der Waals surface area contributed by atoms with E-state index in [2.05, 4.69) is 20.3 Å². The van der Waals surface area contributed by atoms with Crippen molar-refractivity contribution >= 4 is 22.7 Å². The predicted molar refractivity (Wildman–Crippen MR) is 148 cm³/mol. The van der Waals surface area contributed by atoms with E-state index in [0.717, 1.165) is 43.4 Å². The normalized spacial score (nSPS) is 11.1. The van der Waals surface area contributed by atoms with Crippen LogP contribution in [0.15, 0.2) is 70.4 Å². The number of methoxy groups -OCH3 is 1. The molecule has 5 aromatic rings. The smallest absolute Gasteiger partial charge is 0.355 e. The quantitative estimate of drug-likeness (QED) is 0.291. The molecule has 10 heteroatoms. The average Bonchev–Trinajstić information content (AvgIpc) is 3.38. The third kappa shape index (κ3) is 4.88. The summed E-state index contributed by atoms with van der Waals surface area (Å²) in [6, 6.07) is 17.0. The maximum Gasteiger partial charge on any atom is 0.355 e. The summed E-state index contributed by atoms with van der Waals surface area (Å²) in [4.78, 5) is 38.7. The molecule has 0 amide bonds. The van der Waals surface area contributed by atoms with Crippen molar-refractivity contribution in [1.29, 1.82) is 0 Å². The minimum absolute atomic E-state index is 0.0806. The van der Waals surface area contributed by atoms with Gasteiger partial charge in [0, 0.05) is 34.9 Å². The number of nitrogens with one attached hydrogen (secondary N) is 2. The van der Waals surface area contributed by atoms with E-state index in [0.29, 0.717) is 11.6 Å². The Morgan fingerprint density at radius 2 is 1.79 bits per heavy atom. The number of H-pyrrole nitrogens is 1. The minimum atomic E-state index is -0.642. The van der Waals surface area contributed by atoms with E-state index >= 15 is 0 Å². The molecular weight excluding hydrogens is 482 g/mol. The van der Waals surface area contributed by atoms with Gasteiger partial charge in [-0.25, -0.2) is 19.1 Å². The van der Waals surface area contributed by atoms with Gasteiger partial charge in [0.1, 0.15) is 11.6 Å². The number of nitrogen functional groups attached to an aromatic ring is 1. The number of nitrogens with zero attached hydrogens (tertiary/aromatic N) is 4. The Morgan fingerprint density at radius 1 is 1.00 bits per heavy atom. The van der Waals surface area contributed by atoms with E-state index in [1.54, 1.807) is 19.2 Å². The molecule has 0 aliphatic carbocycles. The summed E-state index contributed by atoms with van der Waals surface area (Å²) >= 11 is 0. The molecule has 0 spiro atoms. The summed E-state index contributed by atoms with van der Waals surface area (Å²) in [6.07, 6.45) is 1.86. The number of hydrogen-bond acceptors (Lipinski definition) is 7. The molecule has 10 nitrogen and oxygen atoms in total. The van der Waals surface area contributed by atoms with Crippen LogP contribution >= 0.6 is 0 Å². The van der Waals surface area contributed by atoms with Gasteiger partial charge < -0.3 is 20.8 Å². The molecule has 3 heterocycles. The molecule has 2 aromatic carbocycles. The highest BCUT2D eigenvalue weighted by Crippen LogP contribution is 2.20. The van der Waals surface area contributed by atoms with Gasteiger partial charge in [0.25, 0.3) is 0 Å². The van der Waals surface area contributed by atoms with Crippen molar-refractivity contribution in [3.63, 3.8) is 0 Å². The second kappa shape index (κ2) is 10.3. The zero-order chi connectivity index (χ0) is 26.8. The number of ether oxygens (including phenoxy) is 1. The Bertz CT molecular complexity index is 1710.